The molecule has 1 aliphatic carbocycles. The van der Waals surface area contributed by atoms with Crippen molar-refractivity contribution >= 4 is 41.0 Å². The maximum Gasteiger partial charge on any atom is 0.306 e. The van der Waals surface area contributed by atoms with Crippen LogP contribution in [0.1, 0.15) is 99.8 Å². The number of aromatic nitrogens is 1. The first-order valence-corrected chi connectivity index (χ1v) is 18.1. The number of carbonyl (C=O) groups is 5. The van der Waals surface area contributed by atoms with E-state index in [0.717, 1.165) is 31.4 Å². The molecule has 3 amide bonds. The van der Waals surface area contributed by atoms with E-state index in [1.54, 1.807) is 24.3 Å². The summed E-state index contributed by atoms with van der Waals surface area (Å²) in [6.45, 7) is 7.74. The molecule has 0 unspecified atom stereocenters. The average Bonchev–Trinajstić information content (AvgIpc) is 3.65. The van der Waals surface area contributed by atoms with Crippen LogP contribution in [-0.2, 0) is 30.3 Å². The highest BCUT2D eigenvalue weighted by Crippen LogP contribution is 2.39. The van der Waals surface area contributed by atoms with Crippen molar-refractivity contribution in [2.45, 2.75) is 109 Å². The number of carboxylic acids is 1. The summed E-state index contributed by atoms with van der Waals surface area (Å²) in [7, 11) is 3.67. The van der Waals surface area contributed by atoms with Gasteiger partial charge in [-0.3, -0.25) is 28.9 Å². The number of likely N-dealkylation sites (N-methyl/N-ethyl adjacent to an activating group) is 2. The van der Waals surface area contributed by atoms with Crippen LogP contribution in [0.2, 0.25) is 0 Å². The number of hydrogen-bond acceptors (Lipinski definition) is 9. The van der Waals surface area contributed by atoms with Gasteiger partial charge >= 0.3 is 11.9 Å². The predicted octanol–water partition coefficient (Wildman–Crippen LogP) is 4.21. The standard InChI is InChI=1S/C36H51N5O7S/c1-22(2)29(41(6)35(47)36(15-16-36)39-32(44)28-14-10-11-17-40(28)5)20-30(48-24(4)42)33-38-27(21-49-33)31(43)37-26(18-23(3)34(45)46)19-25-12-8-7-9-13-25/h7-9,12-13,21-23,26,28-30H,10-11,14-20H2,1-6H3,(H,37,43)(H,39,44)(H,45,46)/t23-,26+,28+,29+,30+/m0/s1. The number of carbonyl (C=O) groups excluding carboxylic acids is 4. The van der Waals surface area contributed by atoms with E-state index in [-0.39, 0.29) is 48.4 Å². The molecule has 12 nitrogen and oxygen atoms in total. The first-order valence-electron chi connectivity index (χ1n) is 17.2. The minimum atomic E-state index is -0.942. The molecule has 0 radical (unpaired) electrons. The minimum absolute atomic E-state index is 0.0271. The zero-order valence-corrected chi connectivity index (χ0v) is 30.3. The lowest BCUT2D eigenvalue weighted by Crippen LogP contribution is -2.57. The van der Waals surface area contributed by atoms with Gasteiger partial charge in [-0.15, -0.1) is 11.3 Å². The molecular weight excluding hydrogens is 646 g/mol. The van der Waals surface area contributed by atoms with E-state index < -0.39 is 41.4 Å². The number of piperidine rings is 1. The van der Waals surface area contributed by atoms with Crippen molar-refractivity contribution in [3.8, 4) is 0 Å². The Labute approximate surface area is 293 Å². The number of benzene rings is 1. The zero-order valence-electron chi connectivity index (χ0n) is 29.4. The molecule has 13 heteroatoms. The van der Waals surface area contributed by atoms with Crippen LogP contribution in [0.4, 0.5) is 0 Å². The summed E-state index contributed by atoms with van der Waals surface area (Å²) < 4.78 is 5.73. The molecule has 3 N–H and O–H groups in total. The Kier molecular flexibility index (Phi) is 12.9. The smallest absolute Gasteiger partial charge is 0.306 e. The summed E-state index contributed by atoms with van der Waals surface area (Å²) in [5, 5.41) is 17.6. The van der Waals surface area contributed by atoms with Gasteiger partial charge in [0.25, 0.3) is 5.91 Å². The molecule has 1 saturated carbocycles. The highest BCUT2D eigenvalue weighted by atomic mass is 32.1. The third kappa shape index (κ3) is 10.1. The van der Waals surface area contributed by atoms with E-state index in [1.165, 1.54) is 18.3 Å². The molecule has 1 aliphatic heterocycles. The topological polar surface area (TPSA) is 158 Å². The van der Waals surface area contributed by atoms with Gasteiger partial charge in [0.2, 0.25) is 11.8 Å². The lowest BCUT2D eigenvalue weighted by Gasteiger charge is -2.37. The number of thiazole rings is 1. The highest BCUT2D eigenvalue weighted by molar-refractivity contribution is 7.09. The van der Waals surface area contributed by atoms with Crippen LogP contribution in [0.25, 0.3) is 0 Å². The van der Waals surface area contributed by atoms with E-state index in [4.69, 9.17) is 4.74 Å². The molecule has 0 bridgehead atoms. The summed E-state index contributed by atoms with van der Waals surface area (Å²) in [5.74, 6) is -2.89. The van der Waals surface area contributed by atoms with Crippen LogP contribution in [0.5, 0.6) is 0 Å². The lowest BCUT2D eigenvalue weighted by atomic mass is 9.95. The van der Waals surface area contributed by atoms with Crippen LogP contribution in [-0.4, -0.2) is 93.9 Å². The summed E-state index contributed by atoms with van der Waals surface area (Å²) in [6, 6.07) is 8.47. The summed E-state index contributed by atoms with van der Waals surface area (Å²) in [4.78, 5) is 72.7. The Morgan fingerprint density at radius 1 is 1.10 bits per heavy atom. The molecule has 49 heavy (non-hydrogen) atoms. The largest absolute Gasteiger partial charge is 0.481 e. The van der Waals surface area contributed by atoms with Crippen molar-refractivity contribution in [1.82, 2.24) is 25.4 Å². The number of nitrogens with zero attached hydrogens (tertiary/aromatic N) is 3. The lowest BCUT2D eigenvalue weighted by molar-refractivity contribution is -0.149. The maximum atomic E-state index is 13.9. The Morgan fingerprint density at radius 3 is 2.39 bits per heavy atom. The third-order valence-corrected chi connectivity index (χ3v) is 10.6. The summed E-state index contributed by atoms with van der Waals surface area (Å²) in [5.41, 5.74) is 0.164. The van der Waals surface area contributed by atoms with Crippen LogP contribution < -0.4 is 10.6 Å². The zero-order chi connectivity index (χ0) is 35.9. The van der Waals surface area contributed by atoms with E-state index in [2.05, 4.69) is 15.6 Å². The average molecular weight is 698 g/mol. The molecule has 1 aromatic carbocycles. The minimum Gasteiger partial charge on any atom is -0.481 e. The first-order chi connectivity index (χ1) is 23.2. The van der Waals surface area contributed by atoms with Gasteiger partial charge in [-0.25, -0.2) is 4.98 Å². The number of carboxylic acid groups (broad SMARTS) is 1. The van der Waals surface area contributed by atoms with Gasteiger partial charge < -0.3 is 25.4 Å². The quantitative estimate of drug-likeness (QED) is 0.219. The van der Waals surface area contributed by atoms with Crippen LogP contribution >= 0.6 is 11.3 Å². The Bertz CT molecular complexity index is 1480. The van der Waals surface area contributed by atoms with E-state index in [1.807, 2.05) is 56.1 Å². The highest BCUT2D eigenvalue weighted by Gasteiger charge is 2.54. The van der Waals surface area contributed by atoms with E-state index in [0.29, 0.717) is 24.3 Å². The van der Waals surface area contributed by atoms with Crippen LogP contribution in [0, 0.1) is 11.8 Å². The second-order valence-corrected chi connectivity index (χ2v) is 14.9. The van der Waals surface area contributed by atoms with Gasteiger partial charge in [0.1, 0.15) is 16.2 Å². The van der Waals surface area contributed by atoms with Crippen molar-refractivity contribution in [2.24, 2.45) is 11.8 Å². The van der Waals surface area contributed by atoms with Crippen LogP contribution in [0.3, 0.4) is 0 Å². The van der Waals surface area contributed by atoms with Gasteiger partial charge in [0, 0.05) is 37.9 Å². The fourth-order valence-corrected chi connectivity index (χ4v) is 7.49. The number of aliphatic carboxylic acids is 1. The second kappa shape index (κ2) is 16.7. The molecule has 0 spiro atoms. The van der Waals surface area contributed by atoms with E-state index in [9.17, 15) is 29.1 Å². The molecule has 2 heterocycles. The Hall–Kier alpha value is -3.84. The number of likely N-dealkylation sites (tertiary alicyclic amines) is 1. The molecule has 268 valence electrons. The Morgan fingerprint density at radius 2 is 1.80 bits per heavy atom. The normalized spacial score (nSPS) is 19.6. The van der Waals surface area contributed by atoms with Crippen molar-refractivity contribution in [1.29, 1.82) is 0 Å². The van der Waals surface area contributed by atoms with Gasteiger partial charge in [-0.1, -0.05) is 57.5 Å². The SMILES string of the molecule is CC(=O)O[C@H](C[C@H](C(C)C)N(C)C(=O)C1(NC(=O)[C@H]2CCCCN2C)CC1)c1nc(C(=O)N[C@@H](Cc2ccccc2)C[C@H](C)C(=O)O)cs1. The summed E-state index contributed by atoms with van der Waals surface area (Å²) >= 11 is 1.19. The number of amides is 3. The third-order valence-electron chi connectivity index (χ3n) is 9.70. The number of hydrogen-bond donors (Lipinski definition) is 3. The van der Waals surface area contributed by atoms with Crippen LogP contribution in [0.15, 0.2) is 35.7 Å². The Balaban J connectivity index is 1.47. The van der Waals surface area contributed by atoms with Crippen molar-refractivity contribution < 1.29 is 33.8 Å². The number of esters is 1. The molecule has 1 aromatic heterocycles. The second-order valence-electron chi connectivity index (χ2n) is 14.0. The molecule has 2 aromatic rings. The van der Waals surface area contributed by atoms with Gasteiger partial charge in [-0.2, -0.15) is 0 Å². The fraction of sp³-hybridized carbons (Fsp3) is 0.611. The van der Waals surface area contributed by atoms with Crippen molar-refractivity contribution in [2.75, 3.05) is 20.6 Å². The predicted molar refractivity (Wildman–Crippen MR) is 186 cm³/mol. The van der Waals surface area contributed by atoms with Gasteiger partial charge in [-0.05, 0) is 63.6 Å². The number of rotatable bonds is 16. The van der Waals surface area contributed by atoms with Crippen molar-refractivity contribution in [3.05, 3.63) is 52.0 Å². The monoisotopic (exact) mass is 697 g/mol. The molecule has 2 fully saturated rings. The van der Waals surface area contributed by atoms with Gasteiger partial charge in [0.05, 0.1) is 12.0 Å². The first kappa shape index (κ1) is 38.0. The summed E-state index contributed by atoms with van der Waals surface area (Å²) in [6.07, 6.45) is 4.05. The van der Waals surface area contributed by atoms with Gasteiger partial charge in [0.15, 0.2) is 6.10 Å². The maximum absolute atomic E-state index is 13.9. The fourth-order valence-electron chi connectivity index (χ4n) is 6.65. The molecule has 1 saturated heterocycles. The molecule has 5 atom stereocenters. The number of nitrogens with one attached hydrogen (secondary N) is 2. The van der Waals surface area contributed by atoms with E-state index >= 15 is 0 Å². The number of ether oxygens (including phenoxy) is 1. The molecule has 2 aliphatic rings. The molecular formula is C36H51N5O7S. The molecule has 4 rings (SSSR count). The van der Waals surface area contributed by atoms with Crippen molar-refractivity contribution in [3.63, 3.8) is 0 Å².